The molecule has 0 spiro atoms. The van der Waals surface area contributed by atoms with Crippen LogP contribution < -0.4 is 0 Å². The fourth-order valence-corrected chi connectivity index (χ4v) is 6.92. The average molecular weight is 672 g/mol. The molecule has 3 heterocycles. The predicted octanol–water partition coefficient (Wildman–Crippen LogP) is 12.6. The van der Waals surface area contributed by atoms with E-state index in [4.69, 9.17) is 16.4 Å². The van der Waals surface area contributed by atoms with Gasteiger partial charge in [0.2, 0.25) is 0 Å². The van der Waals surface area contributed by atoms with Crippen LogP contribution in [0.3, 0.4) is 0 Å². The lowest BCUT2D eigenvalue weighted by molar-refractivity contribution is 1.16. The molecule has 0 aliphatic heterocycles. The van der Waals surface area contributed by atoms with Gasteiger partial charge >= 0.3 is 0 Å². The molecular weight excluding hydrogens is 619 g/mol. The Kier molecular flexibility index (Phi) is 3.01. The molecule has 0 bridgehead atoms. The number of hydrogen-bond donors (Lipinski definition) is 0. The minimum atomic E-state index is -0.898. The Morgan fingerprint density at radius 1 is 0.353 bits per heavy atom. The van der Waals surface area contributed by atoms with Gasteiger partial charge in [0.05, 0.1) is 68.9 Å². The van der Waals surface area contributed by atoms with E-state index in [1.54, 1.807) is 24.3 Å². The third-order valence-corrected chi connectivity index (χ3v) is 9.04. The lowest BCUT2D eigenvalue weighted by Gasteiger charge is -2.13. The number of hydrogen-bond acceptors (Lipinski definition) is 0. The molecule has 3 aromatic heterocycles. The Balaban J connectivity index is 1.44. The summed E-state index contributed by atoms with van der Waals surface area (Å²) < 4.78 is 205. The highest BCUT2D eigenvalue weighted by Crippen LogP contribution is 2.41. The molecule has 0 atom stereocenters. The first-order valence-corrected chi connectivity index (χ1v) is 15.7. The number of rotatable bonds is 4. The summed E-state index contributed by atoms with van der Waals surface area (Å²) >= 11 is 0. The zero-order valence-electron chi connectivity index (χ0n) is 48.0. The van der Waals surface area contributed by atoms with E-state index in [-0.39, 0.29) is 27.5 Å². The normalized spacial score (nSPS) is 18.0. The molecule has 51 heavy (non-hydrogen) atoms. The maximum Gasteiger partial charge on any atom is 0.0667 e. The highest BCUT2D eigenvalue weighted by molar-refractivity contribution is 6.17. The van der Waals surface area contributed by atoms with Crippen LogP contribution in [0.5, 0.6) is 0 Å². The van der Waals surface area contributed by atoms with Crippen LogP contribution in [0.15, 0.2) is 188 Å². The van der Waals surface area contributed by atoms with Crippen molar-refractivity contribution in [1.29, 1.82) is 0 Å². The van der Waals surface area contributed by atoms with Crippen molar-refractivity contribution in [3.63, 3.8) is 0 Å². The van der Waals surface area contributed by atoms with E-state index in [1.165, 1.54) is 4.57 Å². The van der Waals surface area contributed by atoms with Crippen LogP contribution in [0.2, 0.25) is 0 Å². The molecule has 0 unspecified atom stereocenters. The molecule has 8 aromatic carbocycles. The van der Waals surface area contributed by atoms with E-state index in [2.05, 4.69) is 0 Å². The van der Waals surface area contributed by atoms with Crippen molar-refractivity contribution in [1.82, 2.24) is 13.7 Å². The number of fused-ring (bicyclic) bond motifs is 9. The minimum absolute atomic E-state index is 0.219. The summed E-state index contributed by atoms with van der Waals surface area (Å²) in [5.41, 5.74) is -2.25. The van der Waals surface area contributed by atoms with Crippen LogP contribution in [0.25, 0.3) is 93.6 Å². The molecule has 3 heteroatoms. The smallest absolute Gasteiger partial charge is 0.0667 e. The molecule has 11 rings (SSSR count). The summed E-state index contributed by atoms with van der Waals surface area (Å²) in [6.45, 7) is 0. The van der Waals surface area contributed by atoms with Gasteiger partial charge in [0.25, 0.3) is 0 Å². The third kappa shape index (κ3) is 4.06. The average Bonchev–Trinajstić information content (AvgIpc) is 4.05. The molecule has 238 valence electrons. The van der Waals surface area contributed by atoms with Crippen molar-refractivity contribution in [2.24, 2.45) is 0 Å². The first-order chi connectivity index (χ1) is 34.5. The van der Waals surface area contributed by atoms with Gasteiger partial charge in [-0.2, -0.15) is 0 Å². The van der Waals surface area contributed by atoms with Crippen LogP contribution in [0.1, 0.15) is 30.2 Å². The second-order valence-electron chi connectivity index (χ2n) is 11.7. The first kappa shape index (κ1) is 14.2. The van der Waals surface area contributed by atoms with Crippen LogP contribution in [0, 0.1) is 0 Å². The van der Waals surface area contributed by atoms with Gasteiger partial charge in [-0.25, -0.2) is 0 Å². The first-order valence-electron chi connectivity index (χ1n) is 26.7. The van der Waals surface area contributed by atoms with Gasteiger partial charge in [-0.1, -0.05) is 127 Å². The van der Waals surface area contributed by atoms with Crippen molar-refractivity contribution in [3.8, 4) is 28.2 Å². The van der Waals surface area contributed by atoms with Gasteiger partial charge < -0.3 is 13.7 Å². The SMILES string of the molecule is [2H]c1c([2H])c([2H])c2c(c1[2H])c1c(-n3c4c([2H])c([2H])c([2H])c([2H])c4c4c([2H])c([2H])c(-n5c6c([2H])c([2H])c([2H])c([2H])c6c6c([2H])c([2H])c([2H])c([2H])c65)c([2H])c43)c([2H])c([2H])c([2H])c1n2-c1cccc(-c2ccccc2)c1. The molecular formula is C48H31N3. The van der Waals surface area contributed by atoms with Crippen molar-refractivity contribution >= 4 is 65.4 Å². The summed E-state index contributed by atoms with van der Waals surface area (Å²) in [5.74, 6) is 0. The van der Waals surface area contributed by atoms with E-state index < -0.39 is 188 Å². The summed E-state index contributed by atoms with van der Waals surface area (Å²) in [5, 5.41) is -2.40. The van der Waals surface area contributed by atoms with Gasteiger partial charge in [-0.05, 0) is 71.6 Å². The predicted molar refractivity (Wildman–Crippen MR) is 215 cm³/mol. The molecule has 0 aliphatic rings. The highest BCUT2D eigenvalue weighted by Gasteiger charge is 2.21. The Labute approximate surface area is 325 Å². The van der Waals surface area contributed by atoms with Crippen molar-refractivity contribution in [2.75, 3.05) is 0 Å². The van der Waals surface area contributed by atoms with Gasteiger partial charge in [0.15, 0.2) is 0 Å². The lowest BCUT2D eigenvalue weighted by atomic mass is 10.1. The van der Waals surface area contributed by atoms with Crippen LogP contribution in [-0.4, -0.2) is 13.7 Å². The Morgan fingerprint density at radius 2 is 0.882 bits per heavy atom. The van der Waals surface area contributed by atoms with Gasteiger partial charge in [0, 0.05) is 43.7 Å². The monoisotopic (exact) mass is 671 g/mol. The number of benzene rings is 8. The van der Waals surface area contributed by atoms with Crippen molar-refractivity contribution in [2.45, 2.75) is 0 Å². The quantitative estimate of drug-likeness (QED) is 0.177. The number of nitrogens with zero attached hydrogens (tertiary/aromatic N) is 3. The van der Waals surface area contributed by atoms with Crippen LogP contribution in [0.4, 0.5) is 0 Å². The fraction of sp³-hybridized carbons (Fsp3) is 0. The van der Waals surface area contributed by atoms with Crippen LogP contribution >= 0.6 is 0 Å². The molecule has 0 aliphatic carbocycles. The molecule has 0 amide bonds. The van der Waals surface area contributed by atoms with Crippen molar-refractivity contribution in [3.05, 3.63) is 188 Å². The molecule has 3 nitrogen and oxygen atoms in total. The molecule has 11 aromatic rings. The molecule has 0 saturated heterocycles. The van der Waals surface area contributed by atoms with Gasteiger partial charge in [0.1, 0.15) is 0 Å². The van der Waals surface area contributed by atoms with E-state index in [0.717, 1.165) is 14.7 Å². The summed E-state index contributed by atoms with van der Waals surface area (Å²) in [6.07, 6.45) is 0. The zero-order chi connectivity index (χ0) is 52.6. The molecule has 0 radical (unpaired) electrons. The van der Waals surface area contributed by atoms with Gasteiger partial charge in [-0.15, -0.1) is 0 Å². The standard InChI is InChI=1S/C48H31N3/c1-2-14-32(15-3-1)33-16-12-17-34(30-33)50-44-25-11-7-21-40(44)48-45(50)26-13-27-46(48)51-43-24-10-6-20-38(43)39-29-28-35(31-47(39)51)49-41-22-8-4-18-36(41)37-19-5-9-23-42(37)49/h1-31H/i4D,5D,6D,7D,8D,9D,10D,11D,13D,18D,19D,20D,21D,22D,23D,24D,25D,26D,27D,28D,29D,31D. The lowest BCUT2D eigenvalue weighted by Crippen LogP contribution is -1.98. The summed E-state index contributed by atoms with van der Waals surface area (Å²) in [7, 11) is 0. The molecule has 0 N–H and O–H groups in total. The largest absolute Gasteiger partial charge is 0.309 e. The Morgan fingerprint density at radius 3 is 1.57 bits per heavy atom. The van der Waals surface area contributed by atoms with Crippen molar-refractivity contribution < 1.29 is 30.2 Å². The second-order valence-corrected chi connectivity index (χ2v) is 11.7. The molecule has 0 saturated carbocycles. The summed E-state index contributed by atoms with van der Waals surface area (Å²) in [4.78, 5) is 0. The number of aromatic nitrogens is 3. The van der Waals surface area contributed by atoms with Crippen LogP contribution in [-0.2, 0) is 0 Å². The topological polar surface area (TPSA) is 14.8 Å². The summed E-state index contributed by atoms with van der Waals surface area (Å²) in [6, 6.07) is -1.22. The zero-order valence-corrected chi connectivity index (χ0v) is 26.0. The third-order valence-electron chi connectivity index (χ3n) is 9.04. The maximum absolute atomic E-state index is 10.2. The Bertz CT molecular complexity index is 4320. The van der Waals surface area contributed by atoms with Gasteiger partial charge in [-0.3, -0.25) is 0 Å². The van der Waals surface area contributed by atoms with E-state index in [9.17, 15) is 13.7 Å². The highest BCUT2D eigenvalue weighted by atomic mass is 15.0. The fourth-order valence-electron chi connectivity index (χ4n) is 6.92. The maximum atomic E-state index is 10.2. The second kappa shape index (κ2) is 10.8. The van der Waals surface area contributed by atoms with E-state index in [1.807, 2.05) is 30.3 Å². The Hall–Kier alpha value is -6.84. The minimum Gasteiger partial charge on any atom is -0.309 e. The van der Waals surface area contributed by atoms with E-state index >= 15 is 0 Å². The number of para-hydroxylation sites is 4. The van der Waals surface area contributed by atoms with E-state index in [0.29, 0.717) is 5.56 Å². The molecule has 0 fully saturated rings.